The molecule has 0 bridgehead atoms. The van der Waals surface area contributed by atoms with Gasteiger partial charge in [0.05, 0.1) is 12.6 Å². The molecule has 0 aliphatic carbocycles. The number of nitrogens with one attached hydrogen (secondary N) is 3. The summed E-state index contributed by atoms with van der Waals surface area (Å²) in [7, 11) is 0. The Morgan fingerprint density at radius 1 is 1.04 bits per heavy atom. The third-order valence-electron chi connectivity index (χ3n) is 3.31. The normalized spacial score (nSPS) is 12.5. The van der Waals surface area contributed by atoms with Gasteiger partial charge >= 0.3 is 5.97 Å². The predicted octanol–water partition coefficient (Wildman–Crippen LogP) is -1.71. The molecule has 3 amide bonds. The molecule has 2 unspecified atom stereocenters. The second-order valence-electron chi connectivity index (χ2n) is 5.43. The Morgan fingerprint density at radius 2 is 1.69 bits per heavy atom. The van der Waals surface area contributed by atoms with Crippen LogP contribution in [0.5, 0.6) is 0 Å². The van der Waals surface area contributed by atoms with E-state index in [4.69, 9.17) is 10.8 Å². The summed E-state index contributed by atoms with van der Waals surface area (Å²) in [4.78, 5) is 45.9. The van der Waals surface area contributed by atoms with Gasteiger partial charge < -0.3 is 26.8 Å². The molecule has 0 aliphatic heterocycles. The molecule has 0 saturated carbocycles. The smallest absolute Gasteiger partial charge is 0.322 e. The number of nitrogens with two attached hydrogens (primary N) is 1. The van der Waals surface area contributed by atoms with Crippen LogP contribution in [0.25, 0.3) is 0 Å². The van der Waals surface area contributed by atoms with Crippen LogP contribution in [0, 0.1) is 0 Å². The van der Waals surface area contributed by atoms with E-state index in [1.54, 1.807) is 0 Å². The van der Waals surface area contributed by atoms with Gasteiger partial charge in [-0.1, -0.05) is 30.3 Å². The van der Waals surface area contributed by atoms with Gasteiger partial charge in [0.2, 0.25) is 17.7 Å². The molecule has 0 heterocycles. The van der Waals surface area contributed by atoms with Crippen molar-refractivity contribution in [2.45, 2.75) is 18.5 Å². The van der Waals surface area contributed by atoms with E-state index in [1.807, 2.05) is 30.3 Å². The van der Waals surface area contributed by atoms with Crippen LogP contribution in [0.15, 0.2) is 30.3 Å². The molecular weight excluding hydrogens is 360 g/mol. The van der Waals surface area contributed by atoms with Crippen molar-refractivity contribution in [3.8, 4) is 0 Å². The fourth-order valence-electron chi connectivity index (χ4n) is 1.96. The standard InChI is InChI=1S/C16H22N4O5S/c17-11(6-10-4-2-1-3-5-10)15(24)20-12(9-26)16(25)19-7-13(21)18-8-14(22)23/h1-5,11-12,26H,6-9,17H2,(H,18,21)(H,19,25)(H,20,24)(H,22,23). The first-order valence-electron chi connectivity index (χ1n) is 7.80. The van der Waals surface area contributed by atoms with Gasteiger partial charge in [0.15, 0.2) is 0 Å². The first-order valence-corrected chi connectivity index (χ1v) is 8.43. The highest BCUT2D eigenvalue weighted by molar-refractivity contribution is 7.80. The zero-order valence-corrected chi connectivity index (χ0v) is 14.9. The van der Waals surface area contributed by atoms with E-state index in [1.165, 1.54) is 0 Å². The van der Waals surface area contributed by atoms with Crippen LogP contribution in [0.1, 0.15) is 5.56 Å². The van der Waals surface area contributed by atoms with E-state index in [2.05, 4.69) is 28.6 Å². The van der Waals surface area contributed by atoms with Crippen molar-refractivity contribution in [3.63, 3.8) is 0 Å². The molecule has 9 nitrogen and oxygen atoms in total. The number of carbonyl (C=O) groups is 4. The maximum Gasteiger partial charge on any atom is 0.322 e. The molecule has 0 saturated heterocycles. The highest BCUT2D eigenvalue weighted by atomic mass is 32.1. The van der Waals surface area contributed by atoms with Gasteiger partial charge in [-0.05, 0) is 12.0 Å². The Morgan fingerprint density at radius 3 is 2.27 bits per heavy atom. The predicted molar refractivity (Wildman–Crippen MR) is 97.6 cm³/mol. The molecule has 0 fully saturated rings. The Kier molecular flexibility index (Phi) is 9.17. The second kappa shape index (κ2) is 11.1. The van der Waals surface area contributed by atoms with Gasteiger partial charge in [0.1, 0.15) is 12.6 Å². The number of amides is 3. The van der Waals surface area contributed by atoms with Gasteiger partial charge in [-0.2, -0.15) is 12.6 Å². The van der Waals surface area contributed by atoms with Crippen molar-refractivity contribution in [1.29, 1.82) is 0 Å². The number of carboxylic acids is 1. The maximum absolute atomic E-state index is 12.1. The van der Waals surface area contributed by atoms with Crippen LogP contribution >= 0.6 is 12.6 Å². The fourth-order valence-corrected chi connectivity index (χ4v) is 2.22. The second-order valence-corrected chi connectivity index (χ2v) is 5.79. The minimum atomic E-state index is -1.20. The summed E-state index contributed by atoms with van der Waals surface area (Å²) in [6.45, 7) is -0.960. The number of thiol groups is 1. The minimum absolute atomic E-state index is 0.00632. The highest BCUT2D eigenvalue weighted by Crippen LogP contribution is 2.02. The summed E-state index contributed by atoms with van der Waals surface area (Å²) < 4.78 is 0. The van der Waals surface area contributed by atoms with E-state index < -0.39 is 48.9 Å². The van der Waals surface area contributed by atoms with Crippen molar-refractivity contribution >= 4 is 36.3 Å². The monoisotopic (exact) mass is 382 g/mol. The molecule has 2 atom stereocenters. The topological polar surface area (TPSA) is 151 Å². The lowest BCUT2D eigenvalue weighted by atomic mass is 10.1. The molecule has 142 valence electrons. The minimum Gasteiger partial charge on any atom is -0.480 e. The van der Waals surface area contributed by atoms with Crippen molar-refractivity contribution in [2.24, 2.45) is 5.73 Å². The first kappa shape index (κ1) is 21.5. The van der Waals surface area contributed by atoms with Crippen LogP contribution in [-0.4, -0.2) is 59.7 Å². The van der Waals surface area contributed by atoms with Crippen molar-refractivity contribution in [3.05, 3.63) is 35.9 Å². The number of carbonyl (C=O) groups excluding carboxylic acids is 3. The Hall–Kier alpha value is -2.59. The lowest BCUT2D eigenvalue weighted by Gasteiger charge is -2.19. The number of hydrogen-bond donors (Lipinski definition) is 6. The lowest BCUT2D eigenvalue weighted by molar-refractivity contribution is -0.138. The zero-order valence-electron chi connectivity index (χ0n) is 14.0. The summed E-state index contributed by atoms with van der Waals surface area (Å²) in [5.41, 5.74) is 6.74. The number of aliphatic carboxylic acids is 1. The fraction of sp³-hybridized carbons (Fsp3) is 0.375. The maximum atomic E-state index is 12.1. The van der Waals surface area contributed by atoms with Crippen LogP contribution in [0.4, 0.5) is 0 Å². The van der Waals surface area contributed by atoms with Crippen LogP contribution in [-0.2, 0) is 25.6 Å². The molecular formula is C16H22N4O5S. The molecule has 1 rings (SSSR count). The Balaban J connectivity index is 2.46. The third kappa shape index (κ3) is 7.99. The van der Waals surface area contributed by atoms with E-state index in [0.29, 0.717) is 6.42 Å². The quantitative estimate of drug-likeness (QED) is 0.265. The third-order valence-corrected chi connectivity index (χ3v) is 3.68. The molecule has 0 spiro atoms. The van der Waals surface area contributed by atoms with Crippen LogP contribution < -0.4 is 21.7 Å². The van der Waals surface area contributed by atoms with Crippen LogP contribution in [0.2, 0.25) is 0 Å². The summed E-state index contributed by atoms with van der Waals surface area (Å²) >= 11 is 4.02. The van der Waals surface area contributed by atoms with Gasteiger partial charge in [0.25, 0.3) is 0 Å². The SMILES string of the molecule is NC(Cc1ccccc1)C(=O)NC(CS)C(=O)NCC(=O)NCC(=O)O. The number of carboxylic acid groups (broad SMARTS) is 1. The van der Waals surface area contributed by atoms with Crippen molar-refractivity contribution in [2.75, 3.05) is 18.8 Å². The van der Waals surface area contributed by atoms with E-state index >= 15 is 0 Å². The highest BCUT2D eigenvalue weighted by Gasteiger charge is 2.23. The average Bonchev–Trinajstić information content (AvgIpc) is 2.62. The van der Waals surface area contributed by atoms with Gasteiger partial charge in [-0.15, -0.1) is 0 Å². The van der Waals surface area contributed by atoms with Crippen molar-refractivity contribution < 1.29 is 24.3 Å². The molecule has 0 aromatic heterocycles. The van der Waals surface area contributed by atoms with Gasteiger partial charge in [-0.25, -0.2) is 0 Å². The first-order chi connectivity index (χ1) is 12.3. The van der Waals surface area contributed by atoms with E-state index in [0.717, 1.165) is 5.56 Å². The lowest BCUT2D eigenvalue weighted by Crippen LogP contribution is -2.54. The van der Waals surface area contributed by atoms with Gasteiger partial charge in [0, 0.05) is 5.75 Å². The summed E-state index contributed by atoms with van der Waals surface area (Å²) in [5.74, 6) is -2.99. The number of rotatable bonds is 10. The summed E-state index contributed by atoms with van der Waals surface area (Å²) in [6, 6.07) is 7.38. The molecule has 0 aliphatic rings. The molecule has 6 N–H and O–H groups in total. The summed E-state index contributed by atoms with van der Waals surface area (Å²) in [6.07, 6.45) is 0.311. The number of benzene rings is 1. The Bertz CT molecular complexity index is 641. The summed E-state index contributed by atoms with van der Waals surface area (Å²) in [5, 5.41) is 15.3. The molecule has 10 heteroatoms. The zero-order chi connectivity index (χ0) is 19.5. The number of hydrogen-bond acceptors (Lipinski definition) is 6. The molecule has 0 radical (unpaired) electrons. The van der Waals surface area contributed by atoms with Gasteiger partial charge in [-0.3, -0.25) is 19.2 Å². The van der Waals surface area contributed by atoms with E-state index in [9.17, 15) is 19.2 Å². The molecule has 1 aromatic rings. The Labute approximate surface area is 156 Å². The van der Waals surface area contributed by atoms with E-state index in [-0.39, 0.29) is 5.75 Å². The molecule has 26 heavy (non-hydrogen) atoms. The average molecular weight is 382 g/mol. The largest absolute Gasteiger partial charge is 0.480 e. The molecule has 1 aromatic carbocycles. The van der Waals surface area contributed by atoms with Crippen LogP contribution in [0.3, 0.4) is 0 Å². The van der Waals surface area contributed by atoms with Crippen molar-refractivity contribution in [1.82, 2.24) is 16.0 Å².